The summed E-state index contributed by atoms with van der Waals surface area (Å²) in [6.07, 6.45) is 3.61. The number of carbonyl (C=O) groups is 2. The molecule has 3 fully saturated rings. The zero-order valence-corrected chi connectivity index (χ0v) is 8.03. The Labute approximate surface area is 82.6 Å². The second-order valence-corrected chi connectivity index (χ2v) is 4.64. The van der Waals surface area contributed by atoms with E-state index in [4.69, 9.17) is 0 Å². The third kappa shape index (κ3) is 1.13. The summed E-state index contributed by atoms with van der Waals surface area (Å²) < 4.78 is 0. The van der Waals surface area contributed by atoms with Crippen molar-refractivity contribution in [3.8, 4) is 0 Å². The lowest BCUT2D eigenvalue weighted by atomic mass is 10.1. The van der Waals surface area contributed by atoms with Gasteiger partial charge in [-0.1, -0.05) is 0 Å². The zero-order valence-electron chi connectivity index (χ0n) is 8.03. The number of carbonyl (C=O) groups excluding carboxylic acids is 2. The first-order valence-electron chi connectivity index (χ1n) is 5.34. The topological polar surface area (TPSA) is 49.4 Å². The predicted molar refractivity (Wildman–Crippen MR) is 49.3 cm³/mol. The summed E-state index contributed by atoms with van der Waals surface area (Å²) in [6, 6.07) is 0.359. The van der Waals surface area contributed by atoms with Gasteiger partial charge in [0.25, 0.3) is 0 Å². The number of nitrogens with one attached hydrogen (secondary N) is 1. The number of fused-ring (bicyclic) bond motifs is 1. The lowest BCUT2D eigenvalue weighted by Gasteiger charge is -2.32. The summed E-state index contributed by atoms with van der Waals surface area (Å²) in [6.45, 7) is 1.32. The van der Waals surface area contributed by atoms with E-state index < -0.39 is 5.91 Å². The summed E-state index contributed by atoms with van der Waals surface area (Å²) in [7, 11) is 0. The van der Waals surface area contributed by atoms with Crippen molar-refractivity contribution in [1.82, 2.24) is 10.2 Å². The van der Waals surface area contributed by atoms with Gasteiger partial charge < -0.3 is 10.2 Å². The molecule has 1 unspecified atom stereocenters. The monoisotopic (exact) mass is 194 g/mol. The van der Waals surface area contributed by atoms with E-state index in [2.05, 4.69) is 5.32 Å². The first-order valence-corrected chi connectivity index (χ1v) is 5.34. The van der Waals surface area contributed by atoms with Gasteiger partial charge in [0.1, 0.15) is 0 Å². The molecule has 0 aromatic rings. The zero-order chi connectivity index (χ0) is 9.71. The molecule has 1 aliphatic heterocycles. The molecule has 0 aromatic heterocycles. The highest BCUT2D eigenvalue weighted by molar-refractivity contribution is 6.35. The third-order valence-corrected chi connectivity index (χ3v) is 3.75. The van der Waals surface area contributed by atoms with Gasteiger partial charge in [-0.3, -0.25) is 9.59 Å². The van der Waals surface area contributed by atoms with Gasteiger partial charge in [0.15, 0.2) is 0 Å². The van der Waals surface area contributed by atoms with E-state index in [1.807, 2.05) is 0 Å². The molecule has 76 valence electrons. The molecule has 2 amide bonds. The number of piperazine rings is 1. The molecule has 3 aliphatic rings. The van der Waals surface area contributed by atoms with Crippen molar-refractivity contribution in [3.63, 3.8) is 0 Å². The van der Waals surface area contributed by atoms with Crippen LogP contribution in [0.25, 0.3) is 0 Å². The largest absolute Gasteiger partial charge is 0.346 e. The maximum absolute atomic E-state index is 11.5. The lowest BCUT2D eigenvalue weighted by molar-refractivity contribution is -0.149. The van der Waals surface area contributed by atoms with Gasteiger partial charge in [-0.25, -0.2) is 0 Å². The first-order chi connectivity index (χ1) is 6.75. The molecule has 0 radical (unpaired) electrons. The Bertz CT molecular complexity index is 292. The number of hydrogen-bond donors (Lipinski definition) is 1. The molecular formula is C10H14N2O2. The van der Waals surface area contributed by atoms with Gasteiger partial charge in [0.2, 0.25) is 0 Å². The van der Waals surface area contributed by atoms with Crippen LogP contribution >= 0.6 is 0 Å². The predicted octanol–water partition coefficient (Wildman–Crippen LogP) is -0.257. The van der Waals surface area contributed by atoms with Gasteiger partial charge >= 0.3 is 11.8 Å². The normalized spacial score (nSPS) is 40.9. The van der Waals surface area contributed by atoms with E-state index in [0.717, 1.165) is 24.7 Å². The Kier molecular flexibility index (Phi) is 1.60. The molecule has 4 heteroatoms. The van der Waals surface area contributed by atoms with E-state index in [1.54, 1.807) is 4.90 Å². The first kappa shape index (κ1) is 8.26. The second kappa shape index (κ2) is 2.72. The van der Waals surface area contributed by atoms with E-state index in [-0.39, 0.29) is 5.91 Å². The van der Waals surface area contributed by atoms with Gasteiger partial charge in [-0.15, -0.1) is 0 Å². The van der Waals surface area contributed by atoms with Crippen LogP contribution in [0.3, 0.4) is 0 Å². The van der Waals surface area contributed by atoms with Crippen LogP contribution in [0.15, 0.2) is 0 Å². The Hall–Kier alpha value is -1.06. The van der Waals surface area contributed by atoms with Crippen LogP contribution in [0.1, 0.15) is 19.3 Å². The molecule has 0 spiro atoms. The molecule has 2 aliphatic carbocycles. The maximum Gasteiger partial charge on any atom is 0.312 e. The minimum atomic E-state index is -0.420. The highest BCUT2D eigenvalue weighted by atomic mass is 16.2. The van der Waals surface area contributed by atoms with E-state index in [9.17, 15) is 9.59 Å². The maximum atomic E-state index is 11.5. The lowest BCUT2D eigenvalue weighted by Crippen LogP contribution is -2.55. The van der Waals surface area contributed by atoms with Crippen molar-refractivity contribution >= 4 is 11.8 Å². The Morgan fingerprint density at radius 1 is 1.14 bits per heavy atom. The molecule has 3 rings (SSSR count). The third-order valence-electron chi connectivity index (χ3n) is 3.75. The van der Waals surface area contributed by atoms with Crippen LogP contribution in [0.2, 0.25) is 0 Å². The average Bonchev–Trinajstić information content (AvgIpc) is 2.78. The van der Waals surface area contributed by atoms with Gasteiger partial charge in [0.05, 0.1) is 0 Å². The summed E-state index contributed by atoms with van der Waals surface area (Å²) in [5.74, 6) is 0.981. The molecule has 2 saturated carbocycles. The fourth-order valence-corrected chi connectivity index (χ4v) is 2.88. The minimum Gasteiger partial charge on any atom is -0.346 e. The summed E-state index contributed by atoms with van der Waals surface area (Å²) in [5, 5.41) is 2.58. The molecule has 0 bridgehead atoms. The summed E-state index contributed by atoms with van der Waals surface area (Å²) in [4.78, 5) is 24.5. The van der Waals surface area contributed by atoms with Crippen molar-refractivity contribution < 1.29 is 9.59 Å². The molecule has 0 aromatic carbocycles. The summed E-state index contributed by atoms with van der Waals surface area (Å²) in [5.41, 5.74) is 0. The molecule has 1 N–H and O–H groups in total. The molecule has 14 heavy (non-hydrogen) atoms. The Morgan fingerprint density at radius 2 is 1.86 bits per heavy atom. The Balaban J connectivity index is 1.71. The van der Waals surface area contributed by atoms with Crippen LogP contribution < -0.4 is 5.32 Å². The van der Waals surface area contributed by atoms with Crippen LogP contribution in [0.4, 0.5) is 0 Å². The second-order valence-electron chi connectivity index (χ2n) is 4.64. The molecule has 1 saturated heterocycles. The van der Waals surface area contributed by atoms with Crippen LogP contribution in [0.5, 0.6) is 0 Å². The molecule has 1 heterocycles. The molecule has 3 atom stereocenters. The number of amides is 2. The van der Waals surface area contributed by atoms with E-state index >= 15 is 0 Å². The van der Waals surface area contributed by atoms with Crippen LogP contribution in [-0.4, -0.2) is 35.8 Å². The minimum absolute atomic E-state index is 0.317. The van der Waals surface area contributed by atoms with Crippen molar-refractivity contribution in [3.05, 3.63) is 0 Å². The quantitative estimate of drug-likeness (QED) is 0.585. The van der Waals surface area contributed by atoms with Crippen molar-refractivity contribution in [2.24, 2.45) is 11.8 Å². The fourth-order valence-electron chi connectivity index (χ4n) is 2.88. The highest BCUT2D eigenvalue weighted by Crippen LogP contribution is 2.53. The highest BCUT2D eigenvalue weighted by Gasteiger charge is 2.49. The van der Waals surface area contributed by atoms with Gasteiger partial charge in [-0.2, -0.15) is 0 Å². The van der Waals surface area contributed by atoms with E-state index in [0.29, 0.717) is 19.1 Å². The van der Waals surface area contributed by atoms with Crippen LogP contribution in [0, 0.1) is 11.8 Å². The summed E-state index contributed by atoms with van der Waals surface area (Å²) >= 11 is 0. The fraction of sp³-hybridized carbons (Fsp3) is 0.800. The number of hydrogen-bond acceptors (Lipinski definition) is 2. The number of rotatable bonds is 1. The van der Waals surface area contributed by atoms with Gasteiger partial charge in [-0.05, 0) is 31.1 Å². The van der Waals surface area contributed by atoms with Crippen molar-refractivity contribution in [1.29, 1.82) is 0 Å². The van der Waals surface area contributed by atoms with Crippen molar-refractivity contribution in [2.45, 2.75) is 25.3 Å². The standard InChI is InChI=1S/C10H14N2O2/c13-9-10(14)12(2-1-11-9)8-4-6-3-7(6)5-8/h6-8H,1-5H2,(H,11,13)/t6-,7+,8?. The van der Waals surface area contributed by atoms with Crippen molar-refractivity contribution in [2.75, 3.05) is 13.1 Å². The smallest absolute Gasteiger partial charge is 0.312 e. The SMILES string of the molecule is O=C1NCCN(C2C[C@@H]3C[C@@H]3C2)C1=O. The average molecular weight is 194 g/mol. The van der Waals surface area contributed by atoms with Gasteiger partial charge in [0, 0.05) is 19.1 Å². The Morgan fingerprint density at radius 3 is 2.57 bits per heavy atom. The van der Waals surface area contributed by atoms with E-state index in [1.165, 1.54) is 6.42 Å². The molecular weight excluding hydrogens is 180 g/mol. The molecule has 4 nitrogen and oxygen atoms in total. The number of nitrogens with zero attached hydrogens (tertiary/aromatic N) is 1. The van der Waals surface area contributed by atoms with Crippen LogP contribution in [-0.2, 0) is 9.59 Å².